The summed E-state index contributed by atoms with van der Waals surface area (Å²) in [6, 6.07) is 0. The first-order valence-electron chi connectivity index (χ1n) is 1.47. The summed E-state index contributed by atoms with van der Waals surface area (Å²) in [7, 11) is 0. The van der Waals surface area contributed by atoms with Crippen molar-refractivity contribution in [2.24, 2.45) is 0 Å². The van der Waals surface area contributed by atoms with Crippen molar-refractivity contribution in [1.82, 2.24) is 0 Å². The minimum Gasteiger partial charge on any atom is -0.550 e. The standard InChI is InChI=1S/C3H6O2.Na/c1-2-3(4)5;/h2H2,1H3,(H,4,5);/q;+1/p-1/i2+1;. The molecule has 0 spiro atoms. The summed E-state index contributed by atoms with van der Waals surface area (Å²) in [6.45, 7) is 1.54. The van der Waals surface area contributed by atoms with Crippen molar-refractivity contribution in [3.05, 3.63) is 0 Å². The van der Waals surface area contributed by atoms with Gasteiger partial charge >= 0.3 is 29.6 Å². The van der Waals surface area contributed by atoms with E-state index in [4.69, 9.17) is 0 Å². The van der Waals surface area contributed by atoms with E-state index in [1.807, 2.05) is 0 Å². The SMILES string of the molecule is C[13CH2]C(=O)[O-].[Na+]. The van der Waals surface area contributed by atoms with Crippen LogP contribution in [0, 0.1) is 0 Å². The van der Waals surface area contributed by atoms with Gasteiger partial charge in [0.05, 0.1) is 0 Å². The van der Waals surface area contributed by atoms with E-state index in [1.165, 1.54) is 6.92 Å². The summed E-state index contributed by atoms with van der Waals surface area (Å²) in [4.78, 5) is 9.26. The third-order valence-corrected chi connectivity index (χ3v) is 0.289. The second-order valence-corrected chi connectivity index (χ2v) is 0.726. The Hall–Kier alpha value is 0.470. The van der Waals surface area contributed by atoms with Crippen LogP contribution in [-0.4, -0.2) is 5.97 Å². The Balaban J connectivity index is 0. The molecule has 0 aliphatic carbocycles. The Morgan fingerprint density at radius 2 is 2.00 bits per heavy atom. The molecule has 0 unspecified atom stereocenters. The number of carbonyl (C=O) groups excluding carboxylic acids is 1. The summed E-state index contributed by atoms with van der Waals surface area (Å²) in [5.41, 5.74) is 0. The van der Waals surface area contributed by atoms with E-state index in [0.717, 1.165) is 0 Å². The van der Waals surface area contributed by atoms with Gasteiger partial charge in [0.1, 0.15) is 0 Å². The van der Waals surface area contributed by atoms with Crippen LogP contribution in [0.5, 0.6) is 0 Å². The van der Waals surface area contributed by atoms with Crippen molar-refractivity contribution in [2.45, 2.75) is 13.3 Å². The van der Waals surface area contributed by atoms with Crippen molar-refractivity contribution in [2.75, 3.05) is 0 Å². The van der Waals surface area contributed by atoms with Crippen LogP contribution in [0.4, 0.5) is 0 Å². The molecule has 0 fully saturated rings. The number of hydrogen-bond donors (Lipinski definition) is 0. The van der Waals surface area contributed by atoms with Crippen LogP contribution in [0.25, 0.3) is 0 Å². The predicted octanol–water partition coefficient (Wildman–Crippen LogP) is -3.85. The molecule has 0 heterocycles. The van der Waals surface area contributed by atoms with Crippen molar-refractivity contribution >= 4 is 5.97 Å². The zero-order valence-electron chi connectivity index (χ0n) is 4.02. The van der Waals surface area contributed by atoms with Gasteiger partial charge in [0, 0.05) is 5.97 Å². The molecule has 0 amide bonds. The van der Waals surface area contributed by atoms with Crippen LogP contribution >= 0.6 is 0 Å². The van der Waals surface area contributed by atoms with Gasteiger partial charge in [-0.2, -0.15) is 0 Å². The normalized spacial score (nSPS) is 6.17. The van der Waals surface area contributed by atoms with Gasteiger partial charge in [-0.3, -0.25) is 0 Å². The van der Waals surface area contributed by atoms with Gasteiger partial charge in [-0.1, -0.05) is 6.92 Å². The molecule has 0 atom stereocenters. The minimum absolute atomic E-state index is 0. The monoisotopic (exact) mass is 97.0 g/mol. The summed E-state index contributed by atoms with van der Waals surface area (Å²) in [5, 5.41) is 9.26. The largest absolute Gasteiger partial charge is 1.00 e. The Bertz CT molecular complexity index is 44.1. The van der Waals surface area contributed by atoms with Gasteiger partial charge < -0.3 is 9.90 Å². The van der Waals surface area contributed by atoms with E-state index in [1.54, 1.807) is 0 Å². The quantitative estimate of drug-likeness (QED) is 0.248. The Kier molecular flexibility index (Phi) is 8.83. The van der Waals surface area contributed by atoms with Crippen LogP contribution in [0.1, 0.15) is 13.3 Å². The average Bonchev–Trinajstić information content (AvgIpc) is 1.38. The third kappa shape index (κ3) is 8.82. The minimum atomic E-state index is -0.995. The van der Waals surface area contributed by atoms with Gasteiger partial charge in [0.2, 0.25) is 0 Å². The number of hydrogen-bond acceptors (Lipinski definition) is 2. The van der Waals surface area contributed by atoms with E-state index >= 15 is 0 Å². The summed E-state index contributed by atoms with van der Waals surface area (Å²) in [5.74, 6) is -0.995. The first kappa shape index (κ1) is 9.69. The molecule has 0 bridgehead atoms. The average molecular weight is 97.1 g/mol. The van der Waals surface area contributed by atoms with Crippen LogP contribution in [0.3, 0.4) is 0 Å². The van der Waals surface area contributed by atoms with E-state index in [0.29, 0.717) is 0 Å². The maximum absolute atomic E-state index is 9.26. The molecule has 0 aromatic rings. The van der Waals surface area contributed by atoms with Gasteiger partial charge in [0.25, 0.3) is 0 Å². The first-order valence-corrected chi connectivity index (χ1v) is 1.47. The molecule has 6 heavy (non-hydrogen) atoms. The van der Waals surface area contributed by atoms with Crippen LogP contribution in [0.15, 0.2) is 0 Å². The molecule has 2 nitrogen and oxygen atoms in total. The van der Waals surface area contributed by atoms with Crippen LogP contribution < -0.4 is 34.7 Å². The Labute approximate surface area is 58.8 Å². The number of aliphatic carboxylic acids is 1. The van der Waals surface area contributed by atoms with Crippen molar-refractivity contribution in [1.29, 1.82) is 0 Å². The molecule has 0 rings (SSSR count). The van der Waals surface area contributed by atoms with Crippen molar-refractivity contribution in [3.8, 4) is 0 Å². The zero-order valence-corrected chi connectivity index (χ0v) is 6.02. The second-order valence-electron chi connectivity index (χ2n) is 0.726. The van der Waals surface area contributed by atoms with Crippen LogP contribution in [-0.2, 0) is 4.79 Å². The van der Waals surface area contributed by atoms with Crippen molar-refractivity contribution in [3.63, 3.8) is 0 Å². The van der Waals surface area contributed by atoms with Crippen molar-refractivity contribution < 1.29 is 39.5 Å². The van der Waals surface area contributed by atoms with Gasteiger partial charge in [-0.15, -0.1) is 0 Å². The summed E-state index contributed by atoms with van der Waals surface area (Å²) < 4.78 is 0. The molecule has 0 N–H and O–H groups in total. The maximum atomic E-state index is 9.26. The molecule has 0 aromatic heterocycles. The first-order chi connectivity index (χ1) is 2.27. The summed E-state index contributed by atoms with van der Waals surface area (Å²) in [6.07, 6.45) is 0.111. The fourth-order valence-electron chi connectivity index (χ4n) is 0. The number of carbonyl (C=O) groups is 1. The molecule has 0 aliphatic heterocycles. The second kappa shape index (κ2) is 5.47. The predicted molar refractivity (Wildman–Crippen MR) is 15.3 cm³/mol. The molecular formula is C3H5NaO2. The molecule has 0 radical (unpaired) electrons. The molecule has 3 heteroatoms. The molecule has 0 aliphatic rings. The maximum Gasteiger partial charge on any atom is 1.00 e. The molecule has 30 valence electrons. The van der Waals surface area contributed by atoms with Gasteiger partial charge in [0.15, 0.2) is 0 Å². The number of carboxylic acid groups (broad SMARTS) is 1. The molecular weight excluding hydrogens is 92.0 g/mol. The van der Waals surface area contributed by atoms with Gasteiger partial charge in [-0.25, -0.2) is 0 Å². The number of carboxylic acids is 1. The molecule has 0 aromatic carbocycles. The smallest absolute Gasteiger partial charge is 0.550 e. The Morgan fingerprint density at radius 3 is 2.00 bits per heavy atom. The Morgan fingerprint density at radius 1 is 1.83 bits per heavy atom. The zero-order chi connectivity index (χ0) is 4.28. The topological polar surface area (TPSA) is 40.1 Å². The van der Waals surface area contributed by atoms with Gasteiger partial charge in [-0.05, 0) is 6.42 Å². The molecule has 0 saturated heterocycles. The summed E-state index contributed by atoms with van der Waals surface area (Å²) >= 11 is 0. The van der Waals surface area contributed by atoms with E-state index in [-0.39, 0.29) is 36.0 Å². The third-order valence-electron chi connectivity index (χ3n) is 0.289. The van der Waals surface area contributed by atoms with E-state index < -0.39 is 5.97 Å². The van der Waals surface area contributed by atoms with E-state index in [9.17, 15) is 9.90 Å². The van der Waals surface area contributed by atoms with E-state index in [2.05, 4.69) is 0 Å². The molecule has 0 saturated carbocycles. The van der Waals surface area contributed by atoms with Crippen LogP contribution in [0.2, 0.25) is 0 Å². The fourth-order valence-corrected chi connectivity index (χ4v) is 0. The fraction of sp³-hybridized carbons (Fsp3) is 0.667. The number of rotatable bonds is 1.